The molecule has 18 heavy (non-hydrogen) atoms. The van der Waals surface area contributed by atoms with Gasteiger partial charge in [-0.15, -0.1) is 0 Å². The van der Waals surface area contributed by atoms with Gasteiger partial charge in [-0.3, -0.25) is 9.69 Å². The maximum Gasteiger partial charge on any atom is 0.150 e. The molecule has 0 N–H and O–H groups in total. The summed E-state index contributed by atoms with van der Waals surface area (Å²) < 4.78 is 5.70. The zero-order valence-electron chi connectivity index (χ0n) is 11.0. The minimum Gasteiger partial charge on any atom is -0.492 e. The molecule has 1 fully saturated rings. The van der Waals surface area contributed by atoms with E-state index in [1.807, 2.05) is 12.1 Å². The molecule has 1 aromatic rings. The first kappa shape index (κ1) is 13.1. The lowest BCUT2D eigenvalue weighted by molar-refractivity contribution is 0.112. The highest BCUT2D eigenvalue weighted by Crippen LogP contribution is 2.16. The Hall–Kier alpha value is -1.35. The van der Waals surface area contributed by atoms with Crippen molar-refractivity contribution in [2.24, 2.45) is 0 Å². The van der Waals surface area contributed by atoms with E-state index >= 15 is 0 Å². The van der Waals surface area contributed by atoms with Crippen molar-refractivity contribution in [3.63, 3.8) is 0 Å². The third-order valence-corrected chi connectivity index (χ3v) is 3.58. The minimum atomic E-state index is 0.666. The van der Waals surface area contributed by atoms with Gasteiger partial charge in [-0.05, 0) is 38.4 Å². The third kappa shape index (κ3) is 3.57. The van der Waals surface area contributed by atoms with Crippen LogP contribution in [0.15, 0.2) is 24.3 Å². The molecule has 0 radical (unpaired) electrons. The normalized spacial score (nSPS) is 20.6. The van der Waals surface area contributed by atoms with Crippen LogP contribution in [0.4, 0.5) is 0 Å². The number of aldehydes is 1. The summed E-state index contributed by atoms with van der Waals surface area (Å²) in [4.78, 5) is 13.1. The van der Waals surface area contributed by atoms with E-state index in [9.17, 15) is 4.79 Å². The Balaban J connectivity index is 1.78. The van der Waals surface area contributed by atoms with Crippen LogP contribution in [0, 0.1) is 0 Å². The Kier molecular flexibility index (Phi) is 4.76. The van der Waals surface area contributed by atoms with Crippen molar-refractivity contribution in [2.45, 2.75) is 32.2 Å². The summed E-state index contributed by atoms with van der Waals surface area (Å²) in [5.41, 5.74) is 0.666. The molecule has 0 bridgehead atoms. The van der Waals surface area contributed by atoms with Crippen LogP contribution in [0.25, 0.3) is 0 Å². The molecule has 3 heteroatoms. The lowest BCUT2D eigenvalue weighted by atomic mass is 10.0. The van der Waals surface area contributed by atoms with Gasteiger partial charge in [0, 0.05) is 18.2 Å². The average molecular weight is 247 g/mol. The van der Waals surface area contributed by atoms with Crippen molar-refractivity contribution in [1.82, 2.24) is 4.90 Å². The number of benzene rings is 1. The lowest BCUT2D eigenvalue weighted by Crippen LogP contribution is -2.39. The van der Waals surface area contributed by atoms with Gasteiger partial charge in [0.25, 0.3) is 0 Å². The number of ether oxygens (including phenoxy) is 1. The summed E-state index contributed by atoms with van der Waals surface area (Å²) >= 11 is 0. The summed E-state index contributed by atoms with van der Waals surface area (Å²) in [6, 6.07) is 7.98. The summed E-state index contributed by atoms with van der Waals surface area (Å²) in [6.07, 6.45) is 4.78. The first-order valence-electron chi connectivity index (χ1n) is 6.71. The number of nitrogens with zero attached hydrogens (tertiary/aromatic N) is 1. The topological polar surface area (TPSA) is 29.5 Å². The Morgan fingerprint density at radius 3 is 3.11 bits per heavy atom. The van der Waals surface area contributed by atoms with Gasteiger partial charge in [0.05, 0.1) is 0 Å². The molecule has 0 saturated carbocycles. The molecule has 1 saturated heterocycles. The highest BCUT2D eigenvalue weighted by Gasteiger charge is 2.17. The molecule has 0 aromatic heterocycles. The standard InChI is InChI=1S/C15H21NO2/c1-13-5-2-3-8-16(13)9-10-18-15-7-4-6-14(11-15)12-17/h4,6-7,11-13H,2-3,5,8-10H2,1H3/t13-/m1/s1. The van der Waals surface area contributed by atoms with E-state index in [-0.39, 0.29) is 0 Å². The van der Waals surface area contributed by atoms with Crippen molar-refractivity contribution < 1.29 is 9.53 Å². The van der Waals surface area contributed by atoms with Crippen molar-refractivity contribution in [3.05, 3.63) is 29.8 Å². The molecule has 1 heterocycles. The summed E-state index contributed by atoms with van der Waals surface area (Å²) in [5.74, 6) is 0.782. The van der Waals surface area contributed by atoms with E-state index < -0.39 is 0 Å². The Labute approximate surface area is 109 Å². The second-order valence-corrected chi connectivity index (χ2v) is 4.92. The number of carbonyl (C=O) groups excluding carboxylic acids is 1. The van der Waals surface area contributed by atoms with Crippen LogP contribution in [0.1, 0.15) is 36.5 Å². The predicted octanol–water partition coefficient (Wildman–Crippen LogP) is 2.75. The highest BCUT2D eigenvalue weighted by atomic mass is 16.5. The van der Waals surface area contributed by atoms with E-state index in [1.54, 1.807) is 12.1 Å². The van der Waals surface area contributed by atoms with E-state index in [2.05, 4.69) is 11.8 Å². The summed E-state index contributed by atoms with van der Waals surface area (Å²) in [6.45, 7) is 5.12. The van der Waals surface area contributed by atoms with Gasteiger partial charge in [-0.2, -0.15) is 0 Å². The minimum absolute atomic E-state index is 0.666. The number of piperidine rings is 1. The van der Waals surface area contributed by atoms with Crippen LogP contribution in [-0.4, -0.2) is 36.9 Å². The first-order valence-corrected chi connectivity index (χ1v) is 6.71. The molecular weight excluding hydrogens is 226 g/mol. The van der Waals surface area contributed by atoms with E-state index in [1.165, 1.54) is 25.8 Å². The van der Waals surface area contributed by atoms with E-state index in [0.717, 1.165) is 18.6 Å². The van der Waals surface area contributed by atoms with Gasteiger partial charge in [0.1, 0.15) is 18.6 Å². The number of hydrogen-bond acceptors (Lipinski definition) is 3. The van der Waals surface area contributed by atoms with E-state index in [0.29, 0.717) is 18.2 Å². The predicted molar refractivity (Wildman–Crippen MR) is 72.2 cm³/mol. The fourth-order valence-electron chi connectivity index (χ4n) is 2.45. The van der Waals surface area contributed by atoms with Crippen molar-refractivity contribution in [2.75, 3.05) is 19.7 Å². The van der Waals surface area contributed by atoms with Gasteiger partial charge in [0.2, 0.25) is 0 Å². The number of likely N-dealkylation sites (tertiary alicyclic amines) is 1. The average Bonchev–Trinajstić information content (AvgIpc) is 2.41. The molecular formula is C15H21NO2. The molecule has 1 aliphatic heterocycles. The number of rotatable bonds is 5. The molecule has 1 aliphatic rings. The molecule has 1 atom stereocenters. The third-order valence-electron chi connectivity index (χ3n) is 3.58. The monoisotopic (exact) mass is 247 g/mol. The van der Waals surface area contributed by atoms with Crippen LogP contribution < -0.4 is 4.74 Å². The maximum absolute atomic E-state index is 10.7. The quantitative estimate of drug-likeness (QED) is 0.749. The Bertz CT molecular complexity index is 392. The zero-order valence-corrected chi connectivity index (χ0v) is 11.0. The molecule has 0 spiro atoms. The van der Waals surface area contributed by atoms with Gasteiger partial charge in [-0.1, -0.05) is 18.6 Å². The first-order chi connectivity index (χ1) is 8.79. The molecule has 0 aliphatic carbocycles. The largest absolute Gasteiger partial charge is 0.492 e. The smallest absolute Gasteiger partial charge is 0.150 e. The highest BCUT2D eigenvalue weighted by molar-refractivity contribution is 5.75. The molecule has 3 nitrogen and oxygen atoms in total. The lowest BCUT2D eigenvalue weighted by Gasteiger charge is -2.33. The maximum atomic E-state index is 10.7. The summed E-state index contributed by atoms with van der Waals surface area (Å²) in [7, 11) is 0. The summed E-state index contributed by atoms with van der Waals surface area (Å²) in [5, 5.41) is 0. The van der Waals surface area contributed by atoms with Gasteiger partial charge < -0.3 is 4.74 Å². The van der Waals surface area contributed by atoms with Crippen LogP contribution in [0.5, 0.6) is 5.75 Å². The van der Waals surface area contributed by atoms with Gasteiger partial charge in [-0.25, -0.2) is 0 Å². The van der Waals surface area contributed by atoms with Crippen molar-refractivity contribution >= 4 is 6.29 Å². The Morgan fingerprint density at radius 1 is 1.44 bits per heavy atom. The molecule has 0 amide bonds. The molecule has 0 unspecified atom stereocenters. The second kappa shape index (κ2) is 6.55. The second-order valence-electron chi connectivity index (χ2n) is 4.92. The molecule has 98 valence electrons. The van der Waals surface area contributed by atoms with Gasteiger partial charge in [0.15, 0.2) is 0 Å². The SMILES string of the molecule is C[C@@H]1CCCCN1CCOc1cccc(C=O)c1. The zero-order chi connectivity index (χ0) is 12.8. The van der Waals surface area contributed by atoms with Crippen LogP contribution in [0.3, 0.4) is 0 Å². The molecule has 2 rings (SSSR count). The van der Waals surface area contributed by atoms with Crippen molar-refractivity contribution in [3.8, 4) is 5.75 Å². The Morgan fingerprint density at radius 2 is 2.33 bits per heavy atom. The number of carbonyl (C=O) groups is 1. The van der Waals surface area contributed by atoms with Crippen molar-refractivity contribution in [1.29, 1.82) is 0 Å². The van der Waals surface area contributed by atoms with Crippen LogP contribution in [-0.2, 0) is 0 Å². The fraction of sp³-hybridized carbons (Fsp3) is 0.533. The van der Waals surface area contributed by atoms with Crippen LogP contribution >= 0.6 is 0 Å². The number of hydrogen-bond donors (Lipinski definition) is 0. The van der Waals surface area contributed by atoms with Crippen LogP contribution in [0.2, 0.25) is 0 Å². The van der Waals surface area contributed by atoms with Gasteiger partial charge >= 0.3 is 0 Å². The molecule has 1 aromatic carbocycles. The fourth-order valence-corrected chi connectivity index (χ4v) is 2.45. The van der Waals surface area contributed by atoms with E-state index in [4.69, 9.17) is 4.74 Å².